The molecule has 0 radical (unpaired) electrons. The first-order valence-electron chi connectivity index (χ1n) is 5.15. The van der Waals surface area contributed by atoms with Crippen molar-refractivity contribution >= 4 is 29.5 Å². The van der Waals surface area contributed by atoms with E-state index in [1.54, 1.807) is 0 Å². The highest BCUT2D eigenvalue weighted by Gasteiger charge is 2.10. The van der Waals surface area contributed by atoms with E-state index in [1.165, 1.54) is 18.4 Å². The number of carbonyl (C=O) groups is 1. The lowest BCUT2D eigenvalue weighted by molar-refractivity contribution is -0.121. The summed E-state index contributed by atoms with van der Waals surface area (Å²) in [5, 5.41) is 12.0. The molecule has 0 aromatic carbocycles. The monoisotopic (exact) mass is 276 g/mol. The Labute approximate surface area is 109 Å². The summed E-state index contributed by atoms with van der Waals surface area (Å²) in [5.74, 6) is -0.131. The Morgan fingerprint density at radius 3 is 2.94 bits per heavy atom. The van der Waals surface area contributed by atoms with Gasteiger partial charge in [0.25, 0.3) is 0 Å². The van der Waals surface area contributed by atoms with Gasteiger partial charge in [-0.1, -0.05) is 0 Å². The topological polar surface area (TPSA) is 74.3 Å². The van der Waals surface area contributed by atoms with E-state index >= 15 is 0 Å². The van der Waals surface area contributed by atoms with Gasteiger partial charge in [0.15, 0.2) is 3.95 Å². The molecule has 1 aromatic heterocycles. The highest BCUT2D eigenvalue weighted by Crippen LogP contribution is 2.14. The van der Waals surface area contributed by atoms with Crippen molar-refractivity contribution in [3.63, 3.8) is 0 Å². The third kappa shape index (κ3) is 4.95. The van der Waals surface area contributed by atoms with Gasteiger partial charge in [-0.25, -0.2) is 0 Å². The molecule has 0 spiro atoms. The van der Waals surface area contributed by atoms with E-state index in [0.29, 0.717) is 3.95 Å². The SMILES string of the molecule is COCC(O)CNC(=O)Cc1sc(=S)[nH]c1C. The van der Waals surface area contributed by atoms with Crippen LogP contribution in [0.4, 0.5) is 0 Å². The van der Waals surface area contributed by atoms with Gasteiger partial charge in [0.2, 0.25) is 5.91 Å². The normalized spacial score (nSPS) is 12.4. The molecule has 3 N–H and O–H groups in total. The number of carbonyl (C=O) groups excluding carboxylic acids is 1. The molecule has 96 valence electrons. The lowest BCUT2D eigenvalue weighted by Crippen LogP contribution is -2.35. The summed E-state index contributed by atoms with van der Waals surface area (Å²) in [5.41, 5.74) is 0.924. The first kappa shape index (κ1) is 14.3. The van der Waals surface area contributed by atoms with Crippen molar-refractivity contribution in [1.29, 1.82) is 0 Å². The molecular weight excluding hydrogens is 260 g/mol. The van der Waals surface area contributed by atoms with E-state index in [4.69, 9.17) is 17.0 Å². The summed E-state index contributed by atoms with van der Waals surface area (Å²) < 4.78 is 5.43. The fourth-order valence-electron chi connectivity index (χ4n) is 1.30. The van der Waals surface area contributed by atoms with E-state index in [2.05, 4.69) is 10.3 Å². The van der Waals surface area contributed by atoms with Crippen molar-refractivity contribution in [1.82, 2.24) is 10.3 Å². The van der Waals surface area contributed by atoms with Gasteiger partial charge in [-0.3, -0.25) is 4.79 Å². The number of hydrogen-bond donors (Lipinski definition) is 3. The molecule has 1 amide bonds. The molecule has 0 aliphatic rings. The maximum absolute atomic E-state index is 11.6. The Bertz CT molecular complexity index is 427. The smallest absolute Gasteiger partial charge is 0.225 e. The maximum Gasteiger partial charge on any atom is 0.225 e. The molecule has 1 aromatic rings. The van der Waals surface area contributed by atoms with Gasteiger partial charge < -0.3 is 20.1 Å². The molecule has 0 bridgehead atoms. The van der Waals surface area contributed by atoms with Crippen molar-refractivity contribution in [2.24, 2.45) is 0 Å². The number of aliphatic hydroxyl groups is 1. The number of ether oxygens (including phenoxy) is 1. The van der Waals surface area contributed by atoms with Crippen LogP contribution in [0.25, 0.3) is 0 Å². The average molecular weight is 276 g/mol. The second-order valence-electron chi connectivity index (χ2n) is 3.65. The van der Waals surface area contributed by atoms with Gasteiger partial charge in [-0.05, 0) is 19.1 Å². The third-order valence-corrected chi connectivity index (χ3v) is 3.48. The standard InChI is InChI=1S/C10H16N2O3S2/c1-6-8(17-10(16)12-6)3-9(14)11-4-7(13)5-15-2/h7,13H,3-5H2,1-2H3,(H,11,14)(H,12,16). The van der Waals surface area contributed by atoms with Gasteiger partial charge in [-0.15, -0.1) is 11.3 Å². The number of thiazole rings is 1. The van der Waals surface area contributed by atoms with Gasteiger partial charge in [0, 0.05) is 24.2 Å². The quantitative estimate of drug-likeness (QED) is 0.671. The second-order valence-corrected chi connectivity index (χ2v) is 5.42. The second kappa shape index (κ2) is 6.85. The van der Waals surface area contributed by atoms with Crippen LogP contribution in [0.3, 0.4) is 0 Å². The zero-order valence-corrected chi connectivity index (χ0v) is 11.4. The number of rotatable bonds is 6. The van der Waals surface area contributed by atoms with Gasteiger partial charge in [0.05, 0.1) is 19.1 Å². The highest BCUT2D eigenvalue weighted by molar-refractivity contribution is 7.73. The highest BCUT2D eigenvalue weighted by atomic mass is 32.1. The molecule has 0 aliphatic heterocycles. The Kier molecular flexibility index (Phi) is 5.76. The Balaban J connectivity index is 2.40. The van der Waals surface area contributed by atoms with Gasteiger partial charge >= 0.3 is 0 Å². The molecule has 0 saturated carbocycles. The van der Waals surface area contributed by atoms with E-state index in [1.807, 2.05) is 6.92 Å². The number of aromatic amines is 1. The van der Waals surface area contributed by atoms with Crippen LogP contribution < -0.4 is 5.32 Å². The fourth-order valence-corrected chi connectivity index (χ4v) is 2.59. The van der Waals surface area contributed by atoms with Gasteiger partial charge in [-0.2, -0.15) is 0 Å². The average Bonchev–Trinajstić information content (AvgIpc) is 2.55. The molecule has 0 saturated heterocycles. The van der Waals surface area contributed by atoms with E-state index in [0.717, 1.165) is 10.6 Å². The summed E-state index contributed by atoms with van der Waals surface area (Å²) in [4.78, 5) is 15.5. The lowest BCUT2D eigenvalue weighted by Gasteiger charge is -2.10. The summed E-state index contributed by atoms with van der Waals surface area (Å²) >= 11 is 6.39. The molecule has 17 heavy (non-hydrogen) atoms. The minimum absolute atomic E-state index is 0.131. The predicted molar refractivity (Wildman–Crippen MR) is 68.8 cm³/mol. The Morgan fingerprint density at radius 1 is 1.71 bits per heavy atom. The Hall–Kier alpha value is -0.760. The minimum Gasteiger partial charge on any atom is -0.389 e. The first-order chi connectivity index (χ1) is 8.02. The zero-order valence-electron chi connectivity index (χ0n) is 9.78. The molecule has 0 aliphatic carbocycles. The van der Waals surface area contributed by atoms with Crippen LogP contribution in [0, 0.1) is 10.9 Å². The summed E-state index contributed by atoms with van der Waals surface area (Å²) in [6, 6.07) is 0. The van der Waals surface area contributed by atoms with Crippen LogP contribution in [0.5, 0.6) is 0 Å². The number of aromatic nitrogens is 1. The molecular formula is C10H16N2O3S2. The third-order valence-electron chi connectivity index (χ3n) is 2.14. The largest absolute Gasteiger partial charge is 0.389 e. The van der Waals surface area contributed by atoms with E-state index < -0.39 is 6.10 Å². The van der Waals surface area contributed by atoms with Crippen molar-refractivity contribution in [2.45, 2.75) is 19.4 Å². The first-order valence-corrected chi connectivity index (χ1v) is 6.37. The van der Waals surface area contributed by atoms with Crippen molar-refractivity contribution in [3.8, 4) is 0 Å². The number of methoxy groups -OCH3 is 1. The molecule has 1 rings (SSSR count). The summed E-state index contributed by atoms with van der Waals surface area (Å²) in [6.45, 7) is 2.29. The maximum atomic E-state index is 11.6. The number of amides is 1. The number of nitrogens with one attached hydrogen (secondary N) is 2. The summed E-state index contributed by atoms with van der Waals surface area (Å²) in [6.07, 6.45) is -0.391. The van der Waals surface area contributed by atoms with Crippen LogP contribution in [-0.2, 0) is 16.0 Å². The predicted octanol–water partition coefficient (Wildman–Crippen LogP) is 0.780. The van der Waals surface area contributed by atoms with Crippen molar-refractivity contribution in [3.05, 3.63) is 14.5 Å². The van der Waals surface area contributed by atoms with Crippen LogP contribution in [0.1, 0.15) is 10.6 Å². The zero-order chi connectivity index (χ0) is 12.8. The minimum atomic E-state index is -0.672. The molecule has 5 nitrogen and oxygen atoms in total. The number of hydrogen-bond acceptors (Lipinski definition) is 5. The van der Waals surface area contributed by atoms with Crippen LogP contribution in [0.2, 0.25) is 0 Å². The van der Waals surface area contributed by atoms with Crippen molar-refractivity contribution in [2.75, 3.05) is 20.3 Å². The van der Waals surface area contributed by atoms with Crippen LogP contribution in [0.15, 0.2) is 0 Å². The number of H-pyrrole nitrogens is 1. The molecule has 1 unspecified atom stereocenters. The molecule has 7 heteroatoms. The van der Waals surface area contributed by atoms with E-state index in [9.17, 15) is 9.90 Å². The fraction of sp³-hybridized carbons (Fsp3) is 0.600. The molecule has 0 fully saturated rings. The summed E-state index contributed by atoms with van der Waals surface area (Å²) in [7, 11) is 1.50. The molecule has 1 heterocycles. The Morgan fingerprint density at radius 2 is 2.41 bits per heavy atom. The van der Waals surface area contributed by atoms with Gasteiger partial charge in [0.1, 0.15) is 0 Å². The number of aliphatic hydroxyl groups excluding tert-OH is 1. The van der Waals surface area contributed by atoms with Crippen LogP contribution >= 0.6 is 23.6 Å². The number of aryl methyl sites for hydroxylation is 1. The van der Waals surface area contributed by atoms with Crippen LogP contribution in [-0.4, -0.2) is 42.4 Å². The van der Waals surface area contributed by atoms with Crippen molar-refractivity contribution < 1.29 is 14.6 Å². The molecule has 1 atom stereocenters. The van der Waals surface area contributed by atoms with E-state index in [-0.39, 0.29) is 25.5 Å². The lowest BCUT2D eigenvalue weighted by atomic mass is 10.3.